The SMILES string of the molecule is CCN1C(=CC=CC=CC2=[N+](CCCCCC(=O)NCCN3C(=O)CC(SC[C@@H](CC(=O)COCCOCCNC(=O)COCCOCCCC(C)=O)C(N)=O)C3=O)c3ccc(S(=O)(=O)O)cc3C2(C)C)C(C)(C)c2cc(C)ccc21. The summed E-state index contributed by atoms with van der Waals surface area (Å²) in [6.07, 6.45) is 13.2. The van der Waals surface area contributed by atoms with E-state index in [1.54, 1.807) is 6.07 Å². The van der Waals surface area contributed by atoms with E-state index in [4.69, 9.17) is 24.7 Å². The Hall–Kier alpha value is -5.88. The lowest BCUT2D eigenvalue weighted by Crippen LogP contribution is -2.39. The van der Waals surface area contributed by atoms with Crippen molar-refractivity contribution in [1.82, 2.24) is 15.5 Å². The van der Waals surface area contributed by atoms with Crippen LogP contribution in [0, 0.1) is 12.8 Å². The van der Waals surface area contributed by atoms with Crippen molar-refractivity contribution in [2.75, 3.05) is 96.2 Å². The van der Waals surface area contributed by atoms with Crippen LogP contribution in [0.5, 0.6) is 0 Å². The summed E-state index contributed by atoms with van der Waals surface area (Å²) < 4.78 is 57.9. The first-order chi connectivity index (χ1) is 38.5. The second-order valence-corrected chi connectivity index (χ2v) is 24.1. The molecular weight excluding hydrogens is 1080 g/mol. The van der Waals surface area contributed by atoms with Gasteiger partial charge in [-0.2, -0.15) is 13.0 Å². The average Bonchev–Trinajstić information content (AvgIpc) is 4.03. The maximum Gasteiger partial charge on any atom is 0.294 e. The Kier molecular flexibility index (Phi) is 25.7. The van der Waals surface area contributed by atoms with Crippen molar-refractivity contribution in [3.8, 4) is 0 Å². The number of ketones is 2. The van der Waals surface area contributed by atoms with E-state index in [-0.39, 0.29) is 118 Å². The number of likely N-dealkylation sites (tertiary alicyclic amines) is 1. The number of rotatable bonds is 37. The van der Waals surface area contributed by atoms with Gasteiger partial charge in [0.2, 0.25) is 35.2 Å². The number of carbonyl (C=O) groups is 7. The molecule has 0 aliphatic carbocycles. The standard InChI is InChI=1S/C59H82N6O14S2/c1-8-63-48-22-20-41(2)34-46(48)58(4,5)51(63)17-11-9-12-18-52-59(6,7)47-36-45(81(73,74)75)21-23-49(47)64(52)26-14-10-13-19-53(68)61-24-27-65-55(70)37-50(57(65)72)80-40-43(56(60)71)35-44(67)38-78-32-31-77-29-25-62-54(69)39-79-33-30-76-28-15-16-42(3)66/h9,11-12,17-18,20-23,34,36,43,50H,8,10,13-16,19,24-33,35,37-40H2,1-7H3,(H4-,60,61,62,68,69,71,73,74,75)/p+1/t43-,50?/m1/s1. The zero-order valence-corrected chi connectivity index (χ0v) is 49.7. The molecule has 444 valence electrons. The van der Waals surface area contributed by atoms with Crippen molar-refractivity contribution in [3.05, 3.63) is 89.2 Å². The first-order valence-corrected chi connectivity index (χ1v) is 30.3. The molecule has 1 fully saturated rings. The number of ether oxygens (including phenoxy) is 4. The Morgan fingerprint density at radius 2 is 1.52 bits per heavy atom. The molecule has 0 aromatic heterocycles. The summed E-state index contributed by atoms with van der Waals surface area (Å²) >= 11 is 1.08. The lowest BCUT2D eigenvalue weighted by Gasteiger charge is -2.25. The maximum absolute atomic E-state index is 13.2. The number of primary amides is 1. The minimum absolute atomic E-state index is 0.0174. The summed E-state index contributed by atoms with van der Waals surface area (Å²) in [7, 11) is -4.44. The molecule has 3 aliphatic heterocycles. The number of allylic oxidation sites excluding steroid dienone is 6. The van der Waals surface area contributed by atoms with E-state index in [9.17, 15) is 46.5 Å². The smallest absolute Gasteiger partial charge is 0.294 e. The van der Waals surface area contributed by atoms with Gasteiger partial charge in [0.05, 0.1) is 54.5 Å². The van der Waals surface area contributed by atoms with Crippen LogP contribution < -0.4 is 21.3 Å². The summed E-state index contributed by atoms with van der Waals surface area (Å²) in [5.74, 6) is -3.22. The second-order valence-electron chi connectivity index (χ2n) is 21.4. The van der Waals surface area contributed by atoms with Crippen LogP contribution in [0.3, 0.4) is 0 Å². The average molecular weight is 1160 g/mol. The molecule has 20 nitrogen and oxygen atoms in total. The van der Waals surface area contributed by atoms with E-state index < -0.39 is 44.4 Å². The molecule has 2 atom stereocenters. The van der Waals surface area contributed by atoms with Crippen LogP contribution in [0.25, 0.3) is 0 Å². The van der Waals surface area contributed by atoms with Crippen LogP contribution in [-0.2, 0) is 73.5 Å². The lowest BCUT2D eigenvalue weighted by molar-refractivity contribution is -0.438. The first-order valence-electron chi connectivity index (χ1n) is 27.8. The van der Waals surface area contributed by atoms with Crippen LogP contribution >= 0.6 is 11.8 Å². The molecule has 5 amide bonds. The number of carbonyl (C=O) groups excluding carboxylic acids is 7. The third-order valence-corrected chi connectivity index (χ3v) is 16.6. The number of thioether (sulfide) groups is 1. The van der Waals surface area contributed by atoms with E-state index in [0.29, 0.717) is 51.9 Å². The number of anilines is 1. The summed E-state index contributed by atoms with van der Waals surface area (Å²) in [5.41, 5.74) is 12.3. The molecule has 1 unspecified atom stereocenters. The molecule has 0 saturated carbocycles. The monoisotopic (exact) mass is 1160 g/mol. The van der Waals surface area contributed by atoms with Crippen LogP contribution in [0.15, 0.2) is 77.4 Å². The highest BCUT2D eigenvalue weighted by molar-refractivity contribution is 8.00. The normalized spacial score (nSPS) is 17.4. The number of nitrogens with two attached hydrogens (primary N) is 1. The Labute approximate surface area is 481 Å². The van der Waals surface area contributed by atoms with Crippen molar-refractivity contribution in [2.24, 2.45) is 11.7 Å². The van der Waals surface area contributed by atoms with Gasteiger partial charge < -0.3 is 45.0 Å². The van der Waals surface area contributed by atoms with Gasteiger partial charge in [0.25, 0.3) is 10.1 Å². The molecule has 5 N–H and O–H groups in total. The van der Waals surface area contributed by atoms with E-state index in [1.165, 1.54) is 41.6 Å². The molecule has 1 saturated heterocycles. The second kappa shape index (κ2) is 31.5. The third-order valence-electron chi connectivity index (χ3n) is 14.4. The largest absolute Gasteiger partial charge is 0.379 e. The molecule has 3 aliphatic rings. The summed E-state index contributed by atoms with van der Waals surface area (Å²) in [6, 6.07) is 11.3. The summed E-state index contributed by atoms with van der Waals surface area (Å²) in [6.45, 7) is 17.1. The minimum atomic E-state index is -4.44. The molecule has 3 heterocycles. The fourth-order valence-electron chi connectivity index (χ4n) is 10.0. The van der Waals surface area contributed by atoms with Crippen molar-refractivity contribution < 1.29 is 70.1 Å². The fourth-order valence-corrected chi connectivity index (χ4v) is 11.8. The lowest BCUT2D eigenvalue weighted by atomic mass is 9.81. The molecule has 0 bridgehead atoms. The van der Waals surface area contributed by atoms with Gasteiger partial charge in [-0.05, 0) is 83.7 Å². The van der Waals surface area contributed by atoms with Crippen LogP contribution in [0.2, 0.25) is 0 Å². The quantitative estimate of drug-likeness (QED) is 0.0211. The van der Waals surface area contributed by atoms with Gasteiger partial charge in [0, 0.05) is 105 Å². The minimum Gasteiger partial charge on any atom is -0.379 e. The number of hydrogen-bond acceptors (Lipinski definition) is 15. The van der Waals surface area contributed by atoms with E-state index in [1.807, 2.05) is 38.2 Å². The number of hydrogen-bond donors (Lipinski definition) is 4. The zero-order chi connectivity index (χ0) is 59.3. The highest BCUT2D eigenvalue weighted by Crippen LogP contribution is 2.48. The zero-order valence-electron chi connectivity index (χ0n) is 48.1. The molecule has 81 heavy (non-hydrogen) atoms. The van der Waals surface area contributed by atoms with E-state index >= 15 is 0 Å². The van der Waals surface area contributed by atoms with Crippen molar-refractivity contribution >= 4 is 80.1 Å². The van der Waals surface area contributed by atoms with Gasteiger partial charge in [-0.1, -0.05) is 49.8 Å². The number of Topliss-reactive ketones (excluding diaryl/α,β-unsaturated/α-hetero) is 2. The van der Waals surface area contributed by atoms with Crippen LogP contribution in [0.1, 0.15) is 110 Å². The van der Waals surface area contributed by atoms with E-state index in [2.05, 4.69) is 72.1 Å². The molecule has 22 heteroatoms. The van der Waals surface area contributed by atoms with Gasteiger partial charge in [0.1, 0.15) is 25.5 Å². The summed E-state index contributed by atoms with van der Waals surface area (Å²) in [4.78, 5) is 90.0. The Balaban J connectivity index is 0.997. The number of likely N-dealkylation sites (N-methyl/N-ethyl adjacent to an activating group) is 1. The third kappa shape index (κ3) is 19.4. The number of imide groups is 1. The number of amides is 5. The molecular formula is C59H83N6O14S2+. The van der Waals surface area contributed by atoms with Crippen molar-refractivity contribution in [2.45, 2.75) is 121 Å². The predicted molar refractivity (Wildman–Crippen MR) is 310 cm³/mol. The van der Waals surface area contributed by atoms with Crippen LogP contribution in [0.4, 0.5) is 11.4 Å². The topological polar surface area (TPSA) is 270 Å². The van der Waals surface area contributed by atoms with Gasteiger partial charge in [-0.25, -0.2) is 0 Å². The van der Waals surface area contributed by atoms with Crippen LogP contribution in [-0.4, -0.2) is 166 Å². The number of unbranched alkanes of at least 4 members (excludes halogenated alkanes) is 2. The number of aryl methyl sites for hydroxylation is 1. The number of nitrogens with zero attached hydrogens (tertiary/aromatic N) is 3. The Morgan fingerprint density at radius 1 is 0.815 bits per heavy atom. The molecule has 5 rings (SSSR count). The fraction of sp³-hybridized carbons (Fsp3) is 0.559. The van der Waals surface area contributed by atoms with Gasteiger partial charge in [0.15, 0.2) is 11.5 Å². The van der Waals surface area contributed by atoms with Gasteiger partial charge >= 0.3 is 0 Å². The summed E-state index contributed by atoms with van der Waals surface area (Å²) in [5, 5.41) is 4.69. The van der Waals surface area contributed by atoms with Crippen molar-refractivity contribution in [1.29, 1.82) is 0 Å². The number of fused-ring (bicyclic) bond motifs is 2. The molecule has 2 aromatic carbocycles. The number of benzene rings is 2. The first kappa shape index (κ1) is 65.9. The predicted octanol–water partition coefficient (Wildman–Crippen LogP) is 5.58. The Morgan fingerprint density at radius 3 is 2.22 bits per heavy atom. The van der Waals surface area contributed by atoms with Gasteiger partial charge in [-0.3, -0.25) is 38.2 Å². The van der Waals surface area contributed by atoms with Crippen molar-refractivity contribution in [3.63, 3.8) is 0 Å². The molecule has 0 spiro atoms. The van der Waals surface area contributed by atoms with E-state index in [0.717, 1.165) is 40.2 Å². The highest BCUT2D eigenvalue weighted by Gasteiger charge is 2.45. The van der Waals surface area contributed by atoms with Gasteiger partial charge in [-0.15, -0.1) is 11.8 Å². The molecule has 0 radical (unpaired) electrons. The maximum atomic E-state index is 13.2. The highest BCUT2D eigenvalue weighted by atomic mass is 32.2. The number of nitrogens with one attached hydrogen (secondary N) is 2. The Bertz CT molecular complexity index is 2830. The molecule has 2 aromatic rings.